The second-order valence-electron chi connectivity index (χ2n) is 3.21. The molecule has 17 heavy (non-hydrogen) atoms. The number of aromatic nitrogens is 1. The highest BCUT2D eigenvalue weighted by Gasteiger charge is 2.17. The van der Waals surface area contributed by atoms with Gasteiger partial charge in [-0.15, -0.1) is 0 Å². The van der Waals surface area contributed by atoms with E-state index in [0.29, 0.717) is 15.0 Å². The Morgan fingerprint density at radius 3 is 2.59 bits per heavy atom. The van der Waals surface area contributed by atoms with Crippen LogP contribution in [0.3, 0.4) is 0 Å². The van der Waals surface area contributed by atoms with Crippen molar-refractivity contribution >= 4 is 34.0 Å². The maximum atomic E-state index is 11.5. The number of carbonyl (C=O) groups is 1. The van der Waals surface area contributed by atoms with E-state index >= 15 is 0 Å². The van der Waals surface area contributed by atoms with Crippen molar-refractivity contribution in [3.8, 4) is 10.4 Å². The Morgan fingerprint density at radius 1 is 1.35 bits per heavy atom. The lowest BCUT2D eigenvalue weighted by atomic mass is 10.1. The van der Waals surface area contributed by atoms with Gasteiger partial charge in [0.15, 0.2) is 10.8 Å². The van der Waals surface area contributed by atoms with Gasteiger partial charge in [-0.3, -0.25) is 10.2 Å². The summed E-state index contributed by atoms with van der Waals surface area (Å²) in [5.41, 5.74) is 8.68. The molecule has 2 aromatic rings. The minimum absolute atomic E-state index is 0.220. The standard InChI is InChI=1S/C10H9ClN4OS/c11-6-3-1-5(2-4-6)8-7(9(16)15-13)14-10(12)17-8/h1-4H,13H2,(H2,12,14)(H,15,16). The maximum absolute atomic E-state index is 11.5. The van der Waals surface area contributed by atoms with Crippen molar-refractivity contribution in [1.82, 2.24) is 10.4 Å². The Kier molecular flexibility index (Phi) is 3.28. The molecule has 0 atom stereocenters. The number of thiazole rings is 1. The predicted molar refractivity (Wildman–Crippen MR) is 68.6 cm³/mol. The fraction of sp³-hybridized carbons (Fsp3) is 0. The SMILES string of the molecule is NNC(=O)c1nc(N)sc1-c1ccc(Cl)cc1. The van der Waals surface area contributed by atoms with Gasteiger partial charge in [-0.05, 0) is 17.7 Å². The average molecular weight is 269 g/mol. The molecule has 0 radical (unpaired) electrons. The van der Waals surface area contributed by atoms with Crippen molar-refractivity contribution in [2.24, 2.45) is 5.84 Å². The second-order valence-corrected chi connectivity index (χ2v) is 4.68. The van der Waals surface area contributed by atoms with Gasteiger partial charge in [0.05, 0.1) is 4.88 Å². The van der Waals surface area contributed by atoms with Crippen LogP contribution in [0.5, 0.6) is 0 Å². The summed E-state index contributed by atoms with van der Waals surface area (Å²) < 4.78 is 0. The van der Waals surface area contributed by atoms with Crippen molar-refractivity contribution in [1.29, 1.82) is 0 Å². The minimum atomic E-state index is -0.470. The smallest absolute Gasteiger partial charge is 0.285 e. The van der Waals surface area contributed by atoms with Crippen molar-refractivity contribution in [2.75, 3.05) is 5.73 Å². The number of rotatable bonds is 2. The fourth-order valence-corrected chi connectivity index (χ4v) is 2.32. The monoisotopic (exact) mass is 268 g/mol. The number of nitrogens with zero attached hydrogens (tertiary/aromatic N) is 1. The molecule has 1 aromatic heterocycles. The number of carbonyl (C=O) groups excluding carboxylic acids is 1. The number of anilines is 1. The molecule has 88 valence electrons. The summed E-state index contributed by atoms with van der Waals surface area (Å²) in [6.07, 6.45) is 0. The third-order valence-corrected chi connectivity index (χ3v) is 3.28. The quantitative estimate of drug-likeness (QED) is 0.438. The predicted octanol–water partition coefficient (Wildman–Crippen LogP) is 1.65. The molecular formula is C10H9ClN4OS. The van der Waals surface area contributed by atoms with Crippen LogP contribution in [0.25, 0.3) is 10.4 Å². The van der Waals surface area contributed by atoms with E-state index in [9.17, 15) is 4.79 Å². The average Bonchev–Trinajstić information content (AvgIpc) is 2.71. The van der Waals surface area contributed by atoms with E-state index in [1.165, 1.54) is 11.3 Å². The highest BCUT2D eigenvalue weighted by Crippen LogP contribution is 2.32. The molecule has 1 amide bonds. The van der Waals surface area contributed by atoms with Crippen LogP contribution in [-0.4, -0.2) is 10.9 Å². The molecule has 2 rings (SSSR count). The first kappa shape index (κ1) is 11.8. The number of hydrazine groups is 1. The van der Waals surface area contributed by atoms with E-state index in [0.717, 1.165) is 5.56 Å². The van der Waals surface area contributed by atoms with Crippen LogP contribution < -0.4 is 17.0 Å². The zero-order chi connectivity index (χ0) is 12.4. The first-order chi connectivity index (χ1) is 8.11. The zero-order valence-electron chi connectivity index (χ0n) is 8.61. The lowest BCUT2D eigenvalue weighted by Gasteiger charge is -2.01. The summed E-state index contributed by atoms with van der Waals surface area (Å²) >= 11 is 7.02. The Hall–Kier alpha value is -1.63. The van der Waals surface area contributed by atoms with E-state index in [1.54, 1.807) is 24.3 Å². The van der Waals surface area contributed by atoms with Crippen LogP contribution in [0.1, 0.15) is 10.5 Å². The summed E-state index contributed by atoms with van der Waals surface area (Å²) in [6, 6.07) is 7.05. The number of nitrogens with one attached hydrogen (secondary N) is 1. The van der Waals surface area contributed by atoms with Crippen LogP contribution in [0.15, 0.2) is 24.3 Å². The van der Waals surface area contributed by atoms with Gasteiger partial charge in [-0.2, -0.15) is 0 Å². The summed E-state index contributed by atoms with van der Waals surface area (Å²) in [6.45, 7) is 0. The Morgan fingerprint density at radius 2 is 2.00 bits per heavy atom. The lowest BCUT2D eigenvalue weighted by molar-refractivity contribution is 0.0950. The van der Waals surface area contributed by atoms with Gasteiger partial charge < -0.3 is 5.73 Å². The van der Waals surface area contributed by atoms with Gasteiger partial charge in [-0.25, -0.2) is 10.8 Å². The molecule has 5 N–H and O–H groups in total. The van der Waals surface area contributed by atoms with Crippen LogP contribution >= 0.6 is 22.9 Å². The Bertz CT molecular complexity index is 552. The van der Waals surface area contributed by atoms with Gasteiger partial charge in [0.25, 0.3) is 5.91 Å². The molecular weight excluding hydrogens is 260 g/mol. The number of nitrogens with two attached hydrogens (primary N) is 2. The first-order valence-corrected chi connectivity index (χ1v) is 5.84. The highest BCUT2D eigenvalue weighted by atomic mass is 35.5. The molecule has 0 spiro atoms. The van der Waals surface area contributed by atoms with E-state index in [4.69, 9.17) is 23.2 Å². The van der Waals surface area contributed by atoms with Gasteiger partial charge in [0.2, 0.25) is 0 Å². The third kappa shape index (κ3) is 2.38. The van der Waals surface area contributed by atoms with Crippen LogP contribution in [0, 0.1) is 0 Å². The van der Waals surface area contributed by atoms with Crippen molar-refractivity contribution < 1.29 is 4.79 Å². The van der Waals surface area contributed by atoms with E-state index in [1.807, 2.05) is 5.43 Å². The third-order valence-electron chi connectivity index (χ3n) is 2.10. The maximum Gasteiger partial charge on any atom is 0.285 e. The molecule has 0 aliphatic rings. The molecule has 0 saturated carbocycles. The van der Waals surface area contributed by atoms with E-state index in [-0.39, 0.29) is 5.69 Å². The van der Waals surface area contributed by atoms with E-state index < -0.39 is 5.91 Å². The van der Waals surface area contributed by atoms with Gasteiger partial charge in [0.1, 0.15) is 0 Å². The number of amides is 1. The zero-order valence-corrected chi connectivity index (χ0v) is 10.2. The molecule has 0 saturated heterocycles. The molecule has 1 heterocycles. The fourth-order valence-electron chi connectivity index (χ4n) is 1.36. The molecule has 7 heteroatoms. The summed E-state index contributed by atoms with van der Waals surface area (Å²) in [5.74, 6) is 4.62. The van der Waals surface area contributed by atoms with Crippen molar-refractivity contribution in [3.05, 3.63) is 35.0 Å². The van der Waals surface area contributed by atoms with Crippen molar-refractivity contribution in [2.45, 2.75) is 0 Å². The topological polar surface area (TPSA) is 94.0 Å². The largest absolute Gasteiger partial charge is 0.375 e. The number of nitrogen functional groups attached to an aromatic ring is 2. The number of benzene rings is 1. The summed E-state index contributed by atoms with van der Waals surface area (Å²) in [5, 5.41) is 0.935. The number of hydrogen-bond donors (Lipinski definition) is 3. The molecule has 0 aliphatic carbocycles. The Labute approximate surface area is 106 Å². The molecule has 0 fully saturated rings. The lowest BCUT2D eigenvalue weighted by Crippen LogP contribution is -2.30. The van der Waals surface area contributed by atoms with Gasteiger partial charge in [-0.1, -0.05) is 35.1 Å². The normalized spacial score (nSPS) is 10.2. The molecule has 5 nitrogen and oxygen atoms in total. The van der Waals surface area contributed by atoms with Crippen LogP contribution in [0.4, 0.5) is 5.13 Å². The van der Waals surface area contributed by atoms with Crippen LogP contribution in [-0.2, 0) is 0 Å². The highest BCUT2D eigenvalue weighted by molar-refractivity contribution is 7.19. The summed E-state index contributed by atoms with van der Waals surface area (Å²) in [7, 11) is 0. The van der Waals surface area contributed by atoms with Gasteiger partial charge in [0, 0.05) is 5.02 Å². The molecule has 1 aromatic carbocycles. The molecule has 0 aliphatic heterocycles. The van der Waals surface area contributed by atoms with Crippen LogP contribution in [0.2, 0.25) is 5.02 Å². The second kappa shape index (κ2) is 4.70. The minimum Gasteiger partial charge on any atom is -0.375 e. The number of halogens is 1. The van der Waals surface area contributed by atoms with Gasteiger partial charge >= 0.3 is 0 Å². The summed E-state index contributed by atoms with van der Waals surface area (Å²) in [4.78, 5) is 16.1. The first-order valence-electron chi connectivity index (χ1n) is 4.65. The van der Waals surface area contributed by atoms with Crippen molar-refractivity contribution in [3.63, 3.8) is 0 Å². The number of hydrogen-bond acceptors (Lipinski definition) is 5. The Balaban J connectivity index is 2.51. The van der Waals surface area contributed by atoms with E-state index in [2.05, 4.69) is 4.98 Å². The molecule has 0 unspecified atom stereocenters. The molecule has 0 bridgehead atoms.